The van der Waals surface area contributed by atoms with Gasteiger partial charge in [-0.2, -0.15) is 0 Å². The van der Waals surface area contributed by atoms with Gasteiger partial charge in [-0.3, -0.25) is 4.79 Å². The highest BCUT2D eigenvalue weighted by molar-refractivity contribution is 7.98. The lowest BCUT2D eigenvalue weighted by Gasteiger charge is -2.15. The number of aromatic nitrogens is 4. The zero-order chi connectivity index (χ0) is 22.5. The molecule has 5 N–H and O–H groups in total. The predicted octanol–water partition coefficient (Wildman–Crippen LogP) is 1.87. The maximum atomic E-state index is 13.9. The van der Waals surface area contributed by atoms with Crippen molar-refractivity contribution in [3.63, 3.8) is 0 Å². The minimum absolute atomic E-state index is 0.0149. The van der Waals surface area contributed by atoms with E-state index in [1.807, 2.05) is 0 Å². The van der Waals surface area contributed by atoms with Gasteiger partial charge in [-0.25, -0.2) is 23.7 Å². The van der Waals surface area contributed by atoms with Crippen molar-refractivity contribution in [1.29, 1.82) is 0 Å². The van der Waals surface area contributed by atoms with Gasteiger partial charge >= 0.3 is 0 Å². The summed E-state index contributed by atoms with van der Waals surface area (Å²) in [5, 5.41) is 24.8. The first-order valence-corrected chi connectivity index (χ1v) is 10.4. The maximum Gasteiger partial charge on any atom is 0.292 e. The van der Waals surface area contributed by atoms with Gasteiger partial charge in [0, 0.05) is 23.9 Å². The number of hydrogen-bond donors (Lipinski definition) is 5. The molecule has 1 aromatic carbocycles. The van der Waals surface area contributed by atoms with Gasteiger partial charge < -0.3 is 25.8 Å². The Morgan fingerprint density at radius 3 is 2.68 bits per heavy atom. The molecule has 12 heteroatoms. The Morgan fingerprint density at radius 2 is 1.97 bits per heavy atom. The number of H-pyrrole nitrogens is 1. The molecule has 0 aliphatic heterocycles. The van der Waals surface area contributed by atoms with Crippen LogP contribution in [0.4, 0.5) is 20.4 Å². The van der Waals surface area contributed by atoms with E-state index in [0.29, 0.717) is 0 Å². The molecule has 2 unspecified atom stereocenters. The smallest absolute Gasteiger partial charge is 0.292 e. The summed E-state index contributed by atoms with van der Waals surface area (Å²) in [6.45, 7) is 3.22. The van der Waals surface area contributed by atoms with Crippen molar-refractivity contribution >= 4 is 34.6 Å². The molecule has 31 heavy (non-hydrogen) atoms. The molecule has 0 spiro atoms. The van der Waals surface area contributed by atoms with Gasteiger partial charge in [0.05, 0.1) is 12.7 Å². The summed E-state index contributed by atoms with van der Waals surface area (Å²) in [5.74, 6) is -1.58. The summed E-state index contributed by atoms with van der Waals surface area (Å²) in [5.41, 5.74) is -0.0110. The SMILES string of the molecule is CC(O)CNc1nc2c(NC(C)CO)nc(SCc3cccc(F)c3F)nc2[nH]c1=O. The number of aliphatic hydroxyl groups is 2. The van der Waals surface area contributed by atoms with Crippen LogP contribution < -0.4 is 16.2 Å². The first kappa shape index (κ1) is 22.8. The zero-order valence-corrected chi connectivity index (χ0v) is 17.6. The fourth-order valence-corrected chi connectivity index (χ4v) is 3.39. The molecule has 0 saturated carbocycles. The summed E-state index contributed by atoms with van der Waals surface area (Å²) in [4.78, 5) is 27.8. The lowest BCUT2D eigenvalue weighted by Crippen LogP contribution is -2.24. The summed E-state index contributed by atoms with van der Waals surface area (Å²) in [7, 11) is 0. The summed E-state index contributed by atoms with van der Waals surface area (Å²) < 4.78 is 27.4. The summed E-state index contributed by atoms with van der Waals surface area (Å²) in [6.07, 6.45) is -0.692. The standard InChI is InChI=1S/C19H22F2N6O3S/c1-9(7-28)23-15-14-16(25-18(30)17(24-14)22-6-10(2)29)27-19(26-15)31-8-11-4-3-5-12(20)13(11)21/h3-5,9-10,28-29H,6-8H2,1-2H3,(H,22,24)(H2,23,25,26,27,30). The van der Waals surface area contributed by atoms with Crippen LogP contribution in [0.25, 0.3) is 11.2 Å². The van der Waals surface area contributed by atoms with Gasteiger partial charge in [-0.1, -0.05) is 23.9 Å². The van der Waals surface area contributed by atoms with Crippen LogP contribution in [-0.2, 0) is 5.75 Å². The van der Waals surface area contributed by atoms with Gasteiger partial charge in [-0.05, 0) is 19.9 Å². The van der Waals surface area contributed by atoms with E-state index in [1.165, 1.54) is 12.1 Å². The third-order valence-electron chi connectivity index (χ3n) is 4.14. The number of benzene rings is 1. The van der Waals surface area contributed by atoms with Crippen molar-refractivity contribution in [1.82, 2.24) is 19.9 Å². The highest BCUT2D eigenvalue weighted by atomic mass is 32.2. The number of rotatable bonds is 9. The van der Waals surface area contributed by atoms with E-state index < -0.39 is 23.3 Å². The van der Waals surface area contributed by atoms with Crippen molar-refractivity contribution < 1.29 is 19.0 Å². The number of hydrogen-bond acceptors (Lipinski definition) is 9. The van der Waals surface area contributed by atoms with Gasteiger partial charge in [0.1, 0.15) is 0 Å². The van der Waals surface area contributed by atoms with Crippen LogP contribution in [0.15, 0.2) is 28.2 Å². The van der Waals surface area contributed by atoms with Crippen molar-refractivity contribution in [3.05, 3.63) is 45.8 Å². The van der Waals surface area contributed by atoms with E-state index in [1.54, 1.807) is 13.8 Å². The molecule has 2 atom stereocenters. The van der Waals surface area contributed by atoms with Crippen LogP contribution in [-0.4, -0.2) is 55.4 Å². The minimum Gasteiger partial charge on any atom is -0.394 e. The van der Waals surface area contributed by atoms with Gasteiger partial charge in [0.25, 0.3) is 5.56 Å². The van der Waals surface area contributed by atoms with Gasteiger partial charge in [-0.15, -0.1) is 0 Å². The number of fused-ring (bicyclic) bond motifs is 1. The van der Waals surface area contributed by atoms with E-state index in [4.69, 9.17) is 0 Å². The molecule has 0 aliphatic rings. The van der Waals surface area contributed by atoms with E-state index in [2.05, 4.69) is 30.6 Å². The minimum atomic E-state index is -0.942. The average molecular weight is 452 g/mol. The van der Waals surface area contributed by atoms with Crippen LogP contribution >= 0.6 is 11.8 Å². The van der Waals surface area contributed by atoms with Crippen molar-refractivity contribution in [2.75, 3.05) is 23.8 Å². The highest BCUT2D eigenvalue weighted by Gasteiger charge is 2.16. The Balaban J connectivity index is 1.97. The molecule has 0 saturated heterocycles. The Morgan fingerprint density at radius 1 is 1.19 bits per heavy atom. The molecular weight excluding hydrogens is 430 g/mol. The molecule has 166 valence electrons. The van der Waals surface area contributed by atoms with E-state index in [9.17, 15) is 23.8 Å². The number of halogens is 2. The Bertz CT molecular complexity index is 1130. The molecule has 0 bridgehead atoms. The topological polar surface area (TPSA) is 136 Å². The molecule has 9 nitrogen and oxygen atoms in total. The monoisotopic (exact) mass is 452 g/mol. The van der Waals surface area contributed by atoms with E-state index in [0.717, 1.165) is 17.8 Å². The van der Waals surface area contributed by atoms with Crippen LogP contribution in [0.2, 0.25) is 0 Å². The third-order valence-corrected chi connectivity index (χ3v) is 5.04. The molecule has 0 radical (unpaired) electrons. The molecule has 0 amide bonds. The van der Waals surface area contributed by atoms with Crippen molar-refractivity contribution in [3.8, 4) is 0 Å². The van der Waals surface area contributed by atoms with Crippen LogP contribution in [0.5, 0.6) is 0 Å². The number of nitrogens with one attached hydrogen (secondary N) is 3. The normalized spacial score (nSPS) is 13.2. The lowest BCUT2D eigenvalue weighted by atomic mass is 10.2. The number of thioether (sulfide) groups is 1. The fraction of sp³-hybridized carbons (Fsp3) is 0.368. The maximum absolute atomic E-state index is 13.9. The molecule has 3 aromatic rings. The molecule has 2 aromatic heterocycles. The third kappa shape index (κ3) is 5.66. The largest absolute Gasteiger partial charge is 0.394 e. The van der Waals surface area contributed by atoms with Gasteiger partial charge in [0.15, 0.2) is 39.6 Å². The summed E-state index contributed by atoms with van der Waals surface area (Å²) >= 11 is 1.05. The highest BCUT2D eigenvalue weighted by Crippen LogP contribution is 2.26. The molecule has 2 heterocycles. The number of anilines is 2. The van der Waals surface area contributed by atoms with Crippen LogP contribution in [0, 0.1) is 11.6 Å². The van der Waals surface area contributed by atoms with Crippen molar-refractivity contribution in [2.24, 2.45) is 0 Å². The second kappa shape index (κ2) is 9.98. The fourth-order valence-electron chi connectivity index (χ4n) is 2.57. The number of nitrogens with zero attached hydrogens (tertiary/aromatic N) is 3. The van der Waals surface area contributed by atoms with Crippen molar-refractivity contribution in [2.45, 2.75) is 36.9 Å². The van der Waals surface area contributed by atoms with Crippen LogP contribution in [0.3, 0.4) is 0 Å². The van der Waals surface area contributed by atoms with Gasteiger partial charge in [0.2, 0.25) is 0 Å². The second-order valence-electron chi connectivity index (χ2n) is 6.93. The first-order valence-electron chi connectivity index (χ1n) is 9.45. The molecule has 0 fully saturated rings. The van der Waals surface area contributed by atoms with E-state index in [-0.39, 0.29) is 58.5 Å². The zero-order valence-electron chi connectivity index (χ0n) is 16.8. The first-order chi connectivity index (χ1) is 14.8. The number of aliphatic hydroxyl groups excluding tert-OH is 2. The Hall–Kier alpha value is -2.83. The quantitative estimate of drug-likeness (QED) is 0.243. The predicted molar refractivity (Wildman–Crippen MR) is 114 cm³/mol. The van der Waals surface area contributed by atoms with Crippen LogP contribution in [0.1, 0.15) is 19.4 Å². The Kier molecular flexibility index (Phi) is 7.36. The van der Waals surface area contributed by atoms with E-state index >= 15 is 0 Å². The molecular formula is C19H22F2N6O3S. The molecule has 3 rings (SSSR count). The second-order valence-corrected chi connectivity index (χ2v) is 7.87. The lowest BCUT2D eigenvalue weighted by molar-refractivity contribution is 0.208. The summed E-state index contributed by atoms with van der Waals surface area (Å²) in [6, 6.07) is 3.53. The number of aromatic amines is 1. The Labute approximate surface area is 180 Å². The molecule has 0 aliphatic carbocycles. The average Bonchev–Trinajstić information content (AvgIpc) is 2.73.